The number of hydrogen-bond acceptors (Lipinski definition) is 3. The number of piperidine rings is 1. The second kappa shape index (κ2) is 4.61. The minimum absolute atomic E-state index is 0.341. The van der Waals surface area contributed by atoms with Crippen LogP contribution in [0.4, 0.5) is 0 Å². The molecular weight excluding hydrogens is 226 g/mol. The van der Waals surface area contributed by atoms with Crippen LogP contribution in [-0.4, -0.2) is 28.7 Å². The lowest BCUT2D eigenvalue weighted by molar-refractivity contribution is 0.162. The first kappa shape index (κ1) is 11.5. The van der Waals surface area contributed by atoms with Crippen LogP contribution in [0.5, 0.6) is 5.75 Å². The molecule has 1 aliphatic heterocycles. The number of ether oxygens (including phenoxy) is 1. The quantitative estimate of drug-likeness (QED) is 0.879. The van der Waals surface area contributed by atoms with Crippen LogP contribution in [0.1, 0.15) is 18.7 Å². The van der Waals surface area contributed by atoms with Gasteiger partial charge in [-0.05, 0) is 45.0 Å². The van der Waals surface area contributed by atoms with Gasteiger partial charge in [-0.25, -0.2) is 4.98 Å². The zero-order valence-electron chi connectivity index (χ0n) is 10.9. The molecule has 4 heteroatoms. The molecule has 0 spiro atoms. The molecule has 1 aliphatic rings. The van der Waals surface area contributed by atoms with Crippen LogP contribution in [-0.2, 0) is 7.05 Å². The Morgan fingerprint density at radius 2 is 2.11 bits per heavy atom. The summed E-state index contributed by atoms with van der Waals surface area (Å²) in [5.41, 5.74) is 2.17. The van der Waals surface area contributed by atoms with Crippen molar-refractivity contribution in [2.75, 3.05) is 13.1 Å². The maximum absolute atomic E-state index is 6.02. The fourth-order valence-electron chi connectivity index (χ4n) is 2.48. The molecule has 0 amide bonds. The SMILES string of the molecule is Cc1nc2cc(OC3CCNCC3)ccc2n1C. The van der Waals surface area contributed by atoms with Gasteiger partial charge < -0.3 is 14.6 Å². The summed E-state index contributed by atoms with van der Waals surface area (Å²) in [5, 5.41) is 3.35. The standard InChI is InChI=1S/C14H19N3O/c1-10-16-13-9-12(3-4-14(13)17(10)2)18-11-5-7-15-8-6-11/h3-4,9,11,15H,5-8H2,1-2H3. The fourth-order valence-corrected chi connectivity index (χ4v) is 2.48. The Bertz CT molecular complexity index is 555. The van der Waals surface area contributed by atoms with E-state index in [1.165, 1.54) is 0 Å². The Kier molecular flexibility index (Phi) is 2.96. The zero-order valence-corrected chi connectivity index (χ0v) is 10.9. The molecular formula is C14H19N3O. The van der Waals surface area contributed by atoms with Crippen LogP contribution in [0, 0.1) is 6.92 Å². The van der Waals surface area contributed by atoms with Crippen LogP contribution in [0.2, 0.25) is 0 Å². The van der Waals surface area contributed by atoms with Crippen molar-refractivity contribution in [3.8, 4) is 5.75 Å². The van der Waals surface area contributed by atoms with Gasteiger partial charge in [0.1, 0.15) is 17.7 Å². The smallest absolute Gasteiger partial charge is 0.122 e. The molecule has 96 valence electrons. The molecule has 0 bridgehead atoms. The maximum Gasteiger partial charge on any atom is 0.122 e. The highest BCUT2D eigenvalue weighted by molar-refractivity contribution is 5.77. The van der Waals surface area contributed by atoms with Crippen LogP contribution < -0.4 is 10.1 Å². The molecule has 18 heavy (non-hydrogen) atoms. The summed E-state index contributed by atoms with van der Waals surface area (Å²) in [6.07, 6.45) is 2.51. The largest absolute Gasteiger partial charge is 0.490 e. The zero-order chi connectivity index (χ0) is 12.5. The predicted octanol–water partition coefficient (Wildman–Crippen LogP) is 2.01. The summed E-state index contributed by atoms with van der Waals surface area (Å²) < 4.78 is 8.12. The highest BCUT2D eigenvalue weighted by Crippen LogP contribution is 2.23. The van der Waals surface area contributed by atoms with E-state index in [-0.39, 0.29) is 0 Å². The van der Waals surface area contributed by atoms with E-state index in [1.807, 2.05) is 26.1 Å². The summed E-state index contributed by atoms with van der Waals surface area (Å²) in [5.74, 6) is 1.97. The Labute approximate surface area is 107 Å². The molecule has 0 saturated carbocycles. The molecule has 0 unspecified atom stereocenters. The van der Waals surface area contributed by atoms with Gasteiger partial charge in [0.25, 0.3) is 0 Å². The van der Waals surface area contributed by atoms with Crippen molar-refractivity contribution in [1.29, 1.82) is 0 Å². The van der Waals surface area contributed by atoms with E-state index in [2.05, 4.69) is 20.9 Å². The Hall–Kier alpha value is -1.55. The predicted molar refractivity (Wildman–Crippen MR) is 72.0 cm³/mol. The molecule has 3 rings (SSSR count). The van der Waals surface area contributed by atoms with Gasteiger partial charge in [0.15, 0.2) is 0 Å². The average molecular weight is 245 g/mol. The van der Waals surface area contributed by atoms with E-state index in [0.29, 0.717) is 6.10 Å². The maximum atomic E-state index is 6.02. The van der Waals surface area contributed by atoms with Gasteiger partial charge >= 0.3 is 0 Å². The molecule has 0 aliphatic carbocycles. The summed E-state index contributed by atoms with van der Waals surface area (Å²) in [7, 11) is 2.04. The van der Waals surface area contributed by atoms with E-state index in [0.717, 1.165) is 48.5 Å². The lowest BCUT2D eigenvalue weighted by atomic mass is 10.1. The van der Waals surface area contributed by atoms with Crippen molar-refractivity contribution < 1.29 is 4.74 Å². The van der Waals surface area contributed by atoms with Crippen molar-refractivity contribution in [3.63, 3.8) is 0 Å². The molecule has 1 aromatic heterocycles. The summed E-state index contributed by atoms with van der Waals surface area (Å²) in [4.78, 5) is 4.54. The van der Waals surface area contributed by atoms with E-state index in [1.54, 1.807) is 0 Å². The third kappa shape index (κ3) is 2.08. The summed E-state index contributed by atoms with van der Waals surface area (Å²) in [6, 6.07) is 6.18. The Morgan fingerprint density at radius 1 is 1.33 bits per heavy atom. The van der Waals surface area contributed by atoms with Crippen LogP contribution in [0.3, 0.4) is 0 Å². The van der Waals surface area contributed by atoms with Gasteiger partial charge in [-0.15, -0.1) is 0 Å². The molecule has 0 atom stereocenters. The van der Waals surface area contributed by atoms with Crippen LogP contribution in [0.15, 0.2) is 18.2 Å². The van der Waals surface area contributed by atoms with Crippen LogP contribution >= 0.6 is 0 Å². The van der Waals surface area contributed by atoms with E-state index in [4.69, 9.17) is 4.74 Å². The van der Waals surface area contributed by atoms with E-state index < -0.39 is 0 Å². The fraction of sp³-hybridized carbons (Fsp3) is 0.500. The van der Waals surface area contributed by atoms with Gasteiger partial charge in [-0.2, -0.15) is 0 Å². The Balaban J connectivity index is 1.84. The van der Waals surface area contributed by atoms with Gasteiger partial charge in [0.2, 0.25) is 0 Å². The number of benzene rings is 1. The van der Waals surface area contributed by atoms with Crippen molar-refractivity contribution in [1.82, 2.24) is 14.9 Å². The Morgan fingerprint density at radius 3 is 2.89 bits per heavy atom. The van der Waals surface area contributed by atoms with Gasteiger partial charge in [0, 0.05) is 13.1 Å². The topological polar surface area (TPSA) is 39.1 Å². The molecule has 4 nitrogen and oxygen atoms in total. The van der Waals surface area contributed by atoms with E-state index in [9.17, 15) is 0 Å². The second-order valence-electron chi connectivity index (χ2n) is 4.94. The lowest BCUT2D eigenvalue weighted by Gasteiger charge is -2.23. The third-order valence-electron chi connectivity index (χ3n) is 3.66. The first-order chi connectivity index (χ1) is 8.74. The van der Waals surface area contributed by atoms with E-state index >= 15 is 0 Å². The van der Waals surface area contributed by atoms with Crippen molar-refractivity contribution in [2.24, 2.45) is 7.05 Å². The number of fused-ring (bicyclic) bond motifs is 1. The highest BCUT2D eigenvalue weighted by atomic mass is 16.5. The second-order valence-corrected chi connectivity index (χ2v) is 4.94. The average Bonchev–Trinajstić information content (AvgIpc) is 2.66. The third-order valence-corrected chi connectivity index (χ3v) is 3.66. The number of nitrogens with one attached hydrogen (secondary N) is 1. The number of hydrogen-bond donors (Lipinski definition) is 1. The number of aromatic nitrogens is 2. The first-order valence-corrected chi connectivity index (χ1v) is 6.54. The van der Waals surface area contributed by atoms with Gasteiger partial charge in [-0.3, -0.25) is 0 Å². The minimum Gasteiger partial charge on any atom is -0.490 e. The summed E-state index contributed by atoms with van der Waals surface area (Å²) in [6.45, 7) is 4.12. The number of nitrogens with zero attached hydrogens (tertiary/aromatic N) is 2. The van der Waals surface area contributed by atoms with Crippen LogP contribution in [0.25, 0.3) is 11.0 Å². The van der Waals surface area contributed by atoms with Crippen molar-refractivity contribution in [2.45, 2.75) is 25.9 Å². The van der Waals surface area contributed by atoms with Gasteiger partial charge in [-0.1, -0.05) is 0 Å². The van der Waals surface area contributed by atoms with Crippen molar-refractivity contribution in [3.05, 3.63) is 24.0 Å². The molecule has 1 saturated heterocycles. The minimum atomic E-state index is 0.341. The molecule has 2 aromatic rings. The lowest BCUT2D eigenvalue weighted by Crippen LogP contribution is -2.34. The molecule has 2 heterocycles. The number of rotatable bonds is 2. The molecule has 1 aromatic carbocycles. The highest BCUT2D eigenvalue weighted by Gasteiger charge is 2.15. The molecule has 1 fully saturated rings. The molecule has 0 radical (unpaired) electrons. The summed E-state index contributed by atoms with van der Waals surface area (Å²) >= 11 is 0. The normalized spacial score (nSPS) is 17.2. The van der Waals surface area contributed by atoms with Crippen molar-refractivity contribution >= 4 is 11.0 Å². The first-order valence-electron chi connectivity index (χ1n) is 6.54. The molecule has 1 N–H and O–H groups in total. The number of aryl methyl sites for hydroxylation is 2. The number of imidazole rings is 1. The van der Waals surface area contributed by atoms with Gasteiger partial charge in [0.05, 0.1) is 11.0 Å². The monoisotopic (exact) mass is 245 g/mol.